The number of aliphatic hydroxyl groups excluding tert-OH is 1. The molecule has 21 heavy (non-hydrogen) atoms. The smallest absolute Gasteiger partial charge is 0.252 e. The Morgan fingerprint density at radius 1 is 1.33 bits per heavy atom. The fraction of sp³-hybridized carbons (Fsp3) is 0.188. The topological polar surface area (TPSA) is 72.6 Å². The van der Waals surface area contributed by atoms with Gasteiger partial charge in [0, 0.05) is 12.0 Å². The van der Waals surface area contributed by atoms with Crippen LogP contribution in [-0.4, -0.2) is 17.6 Å². The molecule has 0 radical (unpaired) electrons. The van der Waals surface area contributed by atoms with Crippen molar-refractivity contribution in [2.45, 2.75) is 13.0 Å². The predicted octanol–water partition coefficient (Wildman–Crippen LogP) is 2.16. The number of benzene rings is 1. The third-order valence-corrected chi connectivity index (χ3v) is 3.61. The van der Waals surface area contributed by atoms with Crippen LogP contribution in [0.1, 0.15) is 27.2 Å². The van der Waals surface area contributed by atoms with E-state index in [0.717, 1.165) is 10.4 Å². The largest absolute Gasteiger partial charge is 0.487 e. The van der Waals surface area contributed by atoms with Crippen molar-refractivity contribution in [2.24, 2.45) is 5.73 Å². The Hall–Kier alpha value is -2.29. The number of nitrogens with two attached hydrogens (primary N) is 1. The maximum atomic E-state index is 11.3. The van der Waals surface area contributed by atoms with Crippen molar-refractivity contribution in [3.8, 4) is 17.6 Å². The lowest BCUT2D eigenvalue weighted by Crippen LogP contribution is -2.12. The highest BCUT2D eigenvalue weighted by Crippen LogP contribution is 2.22. The van der Waals surface area contributed by atoms with E-state index in [1.165, 1.54) is 11.3 Å². The first-order valence-corrected chi connectivity index (χ1v) is 7.28. The average molecular weight is 301 g/mol. The van der Waals surface area contributed by atoms with Gasteiger partial charge >= 0.3 is 0 Å². The lowest BCUT2D eigenvalue weighted by Gasteiger charge is -2.08. The van der Waals surface area contributed by atoms with Gasteiger partial charge in [0.05, 0.1) is 17.0 Å². The average Bonchev–Trinajstić information content (AvgIpc) is 2.93. The first kappa shape index (κ1) is 15.1. The van der Waals surface area contributed by atoms with E-state index in [1.807, 2.05) is 11.4 Å². The lowest BCUT2D eigenvalue weighted by atomic mass is 10.2. The highest BCUT2D eigenvalue weighted by molar-refractivity contribution is 7.10. The molecule has 5 heteroatoms. The fourth-order valence-electron chi connectivity index (χ4n) is 1.72. The summed E-state index contributed by atoms with van der Waals surface area (Å²) in [7, 11) is 0. The Balaban J connectivity index is 2.10. The van der Waals surface area contributed by atoms with Crippen molar-refractivity contribution < 1.29 is 14.6 Å². The summed E-state index contributed by atoms with van der Waals surface area (Å²) < 4.78 is 5.68. The van der Waals surface area contributed by atoms with Gasteiger partial charge < -0.3 is 15.6 Å². The summed E-state index contributed by atoms with van der Waals surface area (Å²) in [5.74, 6) is 5.83. The van der Waals surface area contributed by atoms with E-state index in [1.54, 1.807) is 24.3 Å². The van der Waals surface area contributed by atoms with Crippen LogP contribution in [0.25, 0.3) is 0 Å². The van der Waals surface area contributed by atoms with Crippen LogP contribution >= 0.6 is 11.3 Å². The molecule has 1 amide bonds. The van der Waals surface area contributed by atoms with Crippen LogP contribution in [0.5, 0.6) is 5.75 Å². The molecule has 2 aromatic rings. The van der Waals surface area contributed by atoms with Crippen molar-refractivity contribution in [3.63, 3.8) is 0 Å². The van der Waals surface area contributed by atoms with Gasteiger partial charge in [0.25, 0.3) is 5.91 Å². The van der Waals surface area contributed by atoms with E-state index >= 15 is 0 Å². The van der Waals surface area contributed by atoms with Gasteiger partial charge in [-0.1, -0.05) is 24.0 Å². The van der Waals surface area contributed by atoms with Gasteiger partial charge in [-0.15, -0.1) is 11.3 Å². The van der Waals surface area contributed by atoms with Gasteiger partial charge in [-0.05, 0) is 23.6 Å². The summed E-state index contributed by atoms with van der Waals surface area (Å²) in [6.07, 6.45) is 0.445. The highest BCUT2D eigenvalue weighted by Gasteiger charge is 2.09. The van der Waals surface area contributed by atoms with Gasteiger partial charge in [-0.2, -0.15) is 0 Å². The molecule has 1 heterocycles. The third-order valence-electron chi connectivity index (χ3n) is 2.72. The maximum Gasteiger partial charge on any atom is 0.252 e. The number of hydrogen-bond donors (Lipinski definition) is 2. The number of aliphatic hydroxyl groups is 1. The first-order valence-electron chi connectivity index (χ1n) is 6.40. The highest BCUT2D eigenvalue weighted by atomic mass is 32.1. The summed E-state index contributed by atoms with van der Waals surface area (Å²) in [5.41, 5.74) is 6.55. The Morgan fingerprint density at radius 3 is 2.90 bits per heavy atom. The SMILES string of the molecule is NC(=O)c1ccccc1OCc1sccc1C#CCCO. The van der Waals surface area contributed by atoms with Crippen LogP contribution in [0, 0.1) is 11.8 Å². The second kappa shape index (κ2) is 7.48. The first-order chi connectivity index (χ1) is 10.2. The zero-order valence-electron chi connectivity index (χ0n) is 11.3. The van der Waals surface area contributed by atoms with E-state index in [-0.39, 0.29) is 6.61 Å². The summed E-state index contributed by atoms with van der Waals surface area (Å²) in [6.45, 7) is 0.375. The number of thiophene rings is 1. The van der Waals surface area contributed by atoms with Crippen LogP contribution in [0.3, 0.4) is 0 Å². The number of para-hydroxylation sites is 1. The molecule has 1 aromatic heterocycles. The zero-order chi connectivity index (χ0) is 15.1. The molecule has 3 N–H and O–H groups in total. The summed E-state index contributed by atoms with van der Waals surface area (Å²) in [5, 5.41) is 10.7. The number of primary amides is 1. The number of amides is 1. The number of hydrogen-bond acceptors (Lipinski definition) is 4. The molecule has 0 bridgehead atoms. The molecule has 0 saturated carbocycles. The predicted molar refractivity (Wildman–Crippen MR) is 82.2 cm³/mol. The molecular weight excluding hydrogens is 286 g/mol. The van der Waals surface area contributed by atoms with E-state index in [2.05, 4.69) is 11.8 Å². The summed E-state index contributed by atoms with van der Waals surface area (Å²) >= 11 is 1.53. The number of carbonyl (C=O) groups is 1. The molecule has 0 atom stereocenters. The van der Waals surface area contributed by atoms with Crippen LogP contribution in [0.15, 0.2) is 35.7 Å². The Kier molecular flexibility index (Phi) is 5.38. The van der Waals surface area contributed by atoms with Crippen LogP contribution in [0.2, 0.25) is 0 Å². The minimum Gasteiger partial charge on any atom is -0.487 e. The Morgan fingerprint density at radius 2 is 2.14 bits per heavy atom. The van der Waals surface area contributed by atoms with E-state index in [4.69, 9.17) is 15.6 Å². The Labute approximate surface area is 127 Å². The summed E-state index contributed by atoms with van der Waals surface area (Å²) in [6, 6.07) is 8.79. The lowest BCUT2D eigenvalue weighted by molar-refractivity contribution is 0.0996. The fourth-order valence-corrected chi connectivity index (χ4v) is 2.46. The van der Waals surface area contributed by atoms with Crippen LogP contribution in [-0.2, 0) is 6.61 Å². The molecule has 0 aliphatic heterocycles. The van der Waals surface area contributed by atoms with Crippen molar-refractivity contribution in [1.29, 1.82) is 0 Å². The zero-order valence-corrected chi connectivity index (χ0v) is 12.2. The second-order valence-electron chi connectivity index (χ2n) is 4.18. The monoisotopic (exact) mass is 301 g/mol. The van der Waals surface area contributed by atoms with E-state index in [9.17, 15) is 4.79 Å². The maximum absolute atomic E-state index is 11.3. The number of carbonyl (C=O) groups excluding carboxylic acids is 1. The summed E-state index contributed by atoms with van der Waals surface area (Å²) in [4.78, 5) is 12.3. The molecule has 4 nitrogen and oxygen atoms in total. The second-order valence-corrected chi connectivity index (χ2v) is 5.18. The van der Waals surface area contributed by atoms with Gasteiger partial charge in [0.1, 0.15) is 12.4 Å². The molecule has 0 aliphatic rings. The third kappa shape index (κ3) is 4.09. The van der Waals surface area contributed by atoms with Gasteiger partial charge in [-0.25, -0.2) is 0 Å². The van der Waals surface area contributed by atoms with Crippen molar-refractivity contribution >= 4 is 17.2 Å². The molecule has 0 spiro atoms. The van der Waals surface area contributed by atoms with Crippen molar-refractivity contribution in [2.75, 3.05) is 6.61 Å². The Bertz CT molecular complexity index is 682. The quantitative estimate of drug-likeness (QED) is 0.831. The molecular formula is C16H15NO3S. The molecule has 108 valence electrons. The molecule has 0 fully saturated rings. The standard InChI is InChI=1S/C16H15NO3S/c17-16(19)13-6-1-2-7-14(13)20-11-15-12(8-10-21-15)5-3-4-9-18/h1-2,6-8,10,18H,4,9,11H2,(H2,17,19). The number of ether oxygens (including phenoxy) is 1. The molecule has 0 aliphatic carbocycles. The van der Waals surface area contributed by atoms with E-state index in [0.29, 0.717) is 24.3 Å². The van der Waals surface area contributed by atoms with Gasteiger partial charge in [-0.3, -0.25) is 4.79 Å². The normalized spacial score (nSPS) is 9.76. The molecule has 2 rings (SSSR count). The van der Waals surface area contributed by atoms with Gasteiger partial charge in [0.2, 0.25) is 0 Å². The van der Waals surface area contributed by atoms with Crippen LogP contribution in [0.4, 0.5) is 0 Å². The number of rotatable bonds is 5. The minimum atomic E-state index is -0.514. The van der Waals surface area contributed by atoms with Crippen LogP contribution < -0.4 is 10.5 Å². The van der Waals surface area contributed by atoms with E-state index < -0.39 is 5.91 Å². The van der Waals surface area contributed by atoms with Crippen molar-refractivity contribution in [3.05, 3.63) is 51.7 Å². The minimum absolute atomic E-state index is 0.0506. The molecule has 0 saturated heterocycles. The molecule has 0 unspecified atom stereocenters. The molecule has 1 aromatic carbocycles. The van der Waals surface area contributed by atoms with Gasteiger partial charge in [0.15, 0.2) is 0 Å². The van der Waals surface area contributed by atoms with Crippen molar-refractivity contribution in [1.82, 2.24) is 0 Å².